The van der Waals surface area contributed by atoms with E-state index in [0.29, 0.717) is 0 Å². The van der Waals surface area contributed by atoms with Gasteiger partial charge in [0.2, 0.25) is 0 Å². The van der Waals surface area contributed by atoms with E-state index >= 15 is 0 Å². The first-order valence-electron chi connectivity index (χ1n) is 12.9. The van der Waals surface area contributed by atoms with Gasteiger partial charge in [0.1, 0.15) is 0 Å². The van der Waals surface area contributed by atoms with Gasteiger partial charge in [-0.3, -0.25) is 0 Å². The van der Waals surface area contributed by atoms with Crippen molar-refractivity contribution in [3.8, 4) is 24.0 Å². The molecule has 0 amide bonds. The van der Waals surface area contributed by atoms with E-state index in [2.05, 4.69) is 112 Å². The maximum absolute atomic E-state index is 4.00. The zero-order valence-electron chi connectivity index (χ0n) is 23.3. The Bertz CT molecular complexity index is 1140. The molecule has 0 atom stereocenters. The van der Waals surface area contributed by atoms with Gasteiger partial charge in [-0.1, -0.05) is 133 Å². The molecule has 0 spiro atoms. The third-order valence-electron chi connectivity index (χ3n) is 5.15. The molecule has 186 valence electrons. The van der Waals surface area contributed by atoms with Crippen molar-refractivity contribution in [3.63, 3.8) is 0 Å². The van der Waals surface area contributed by atoms with Crippen molar-refractivity contribution in [2.75, 3.05) is 0 Å². The summed E-state index contributed by atoms with van der Waals surface area (Å²) in [6, 6.07) is 26.4. The highest BCUT2D eigenvalue weighted by molar-refractivity contribution is 7.21. The Balaban J connectivity index is 0.00000132. The Morgan fingerprint density at radius 1 is 0.771 bits per heavy atom. The molecule has 1 heteroatoms. The van der Waals surface area contributed by atoms with Gasteiger partial charge in [0.05, 0.1) is 0 Å². The van der Waals surface area contributed by atoms with Gasteiger partial charge in [-0.15, -0.1) is 24.2 Å². The monoisotopic (exact) mass is 484 g/mol. The molecular formula is C34H44S. The van der Waals surface area contributed by atoms with Gasteiger partial charge in [-0.25, -0.2) is 0 Å². The topological polar surface area (TPSA) is 0 Å². The molecule has 0 bridgehead atoms. The van der Waals surface area contributed by atoms with Crippen LogP contribution < -0.4 is 0 Å². The Morgan fingerprint density at radius 3 is 1.86 bits per heavy atom. The highest BCUT2D eigenvalue weighted by Gasteiger charge is 2.17. The van der Waals surface area contributed by atoms with Crippen LogP contribution in [0.1, 0.15) is 77.0 Å². The van der Waals surface area contributed by atoms with Crippen LogP contribution in [-0.4, -0.2) is 0 Å². The third kappa shape index (κ3) is 7.98. The van der Waals surface area contributed by atoms with Crippen molar-refractivity contribution in [2.24, 2.45) is 0 Å². The Kier molecular flexibility index (Phi) is 16.7. The first kappa shape index (κ1) is 31.9. The normalized spacial score (nSPS) is 9.74. The summed E-state index contributed by atoms with van der Waals surface area (Å²) in [4.78, 5) is 1.40. The number of aryl methyl sites for hydroxylation is 2. The van der Waals surface area contributed by atoms with Crippen LogP contribution in [0.25, 0.3) is 26.8 Å². The molecule has 0 aliphatic rings. The van der Waals surface area contributed by atoms with Crippen LogP contribution in [0.2, 0.25) is 0 Å². The van der Waals surface area contributed by atoms with Crippen LogP contribution in [0.5, 0.6) is 0 Å². The van der Waals surface area contributed by atoms with Crippen LogP contribution in [-0.2, 0) is 6.42 Å². The van der Waals surface area contributed by atoms with Gasteiger partial charge in [-0.05, 0) is 53.5 Å². The number of terminal acetylenes is 1. The number of rotatable bonds is 4. The largest absolute Gasteiger partial charge is 0.134 e. The van der Waals surface area contributed by atoms with E-state index in [4.69, 9.17) is 0 Å². The number of hydrogen-bond acceptors (Lipinski definition) is 1. The molecule has 1 aromatic heterocycles. The number of benzene rings is 3. The lowest BCUT2D eigenvalue weighted by atomic mass is 9.96. The molecule has 0 radical (unpaired) electrons. The zero-order valence-corrected chi connectivity index (χ0v) is 24.1. The van der Waals surface area contributed by atoms with Crippen LogP contribution >= 0.6 is 11.3 Å². The fraction of sp³-hybridized carbons (Fsp3) is 0.294. The maximum atomic E-state index is 4.00. The van der Waals surface area contributed by atoms with Crippen LogP contribution in [0.4, 0.5) is 0 Å². The highest BCUT2D eigenvalue weighted by Crippen LogP contribution is 2.42. The second-order valence-electron chi connectivity index (χ2n) is 6.88. The Morgan fingerprint density at radius 2 is 1.34 bits per heavy atom. The number of allylic oxidation sites excluding steroid dienone is 1. The van der Waals surface area contributed by atoms with Crippen molar-refractivity contribution in [3.05, 3.63) is 100 Å². The van der Waals surface area contributed by atoms with Crippen LogP contribution in [0, 0.1) is 19.8 Å². The van der Waals surface area contributed by atoms with Crippen molar-refractivity contribution in [1.82, 2.24) is 0 Å². The Labute approximate surface area is 219 Å². The molecule has 0 saturated heterocycles. The minimum atomic E-state index is 1.04. The number of fused-ring (bicyclic) bond motifs is 1. The molecular weight excluding hydrogens is 440 g/mol. The molecule has 0 aliphatic carbocycles. The lowest BCUT2D eigenvalue weighted by Gasteiger charge is -2.08. The molecule has 3 aromatic carbocycles. The molecule has 0 saturated carbocycles. The number of hydrogen-bond donors (Lipinski definition) is 0. The molecule has 0 nitrogen and oxygen atoms in total. The standard InChI is InChI=1S/C26H24S.3C2H6.C2H2/c1-4-21(19-10-7-6-8-11-19)25-22(5-2)24-13-9-12-23(26(24)27-25)20-16-14-18(3)15-17-20;4*1-2/h4,6-17H,5H2,1-3H3;3*1-2H3;1-2H/b21-4-;;;;. The minimum absolute atomic E-state index is 1.04. The summed E-state index contributed by atoms with van der Waals surface area (Å²) in [6.45, 7) is 18.6. The first-order valence-corrected chi connectivity index (χ1v) is 13.7. The van der Waals surface area contributed by atoms with E-state index in [1.165, 1.54) is 48.4 Å². The summed E-state index contributed by atoms with van der Waals surface area (Å²) < 4.78 is 1.39. The average molecular weight is 485 g/mol. The van der Waals surface area contributed by atoms with Crippen molar-refractivity contribution in [2.45, 2.75) is 68.7 Å². The van der Waals surface area contributed by atoms with Gasteiger partial charge in [-0.2, -0.15) is 0 Å². The molecule has 0 unspecified atom stereocenters. The lowest BCUT2D eigenvalue weighted by Crippen LogP contribution is -1.89. The smallest absolute Gasteiger partial charge is 0.0430 e. The molecule has 0 aliphatic heterocycles. The summed E-state index contributed by atoms with van der Waals surface area (Å²) in [5, 5.41) is 1.39. The molecule has 4 rings (SSSR count). The van der Waals surface area contributed by atoms with Crippen LogP contribution in [0.3, 0.4) is 0 Å². The average Bonchev–Trinajstić information content (AvgIpc) is 3.33. The second-order valence-corrected chi connectivity index (χ2v) is 7.90. The second kappa shape index (κ2) is 18.3. The van der Waals surface area contributed by atoms with Crippen molar-refractivity contribution < 1.29 is 0 Å². The van der Waals surface area contributed by atoms with E-state index < -0.39 is 0 Å². The fourth-order valence-electron chi connectivity index (χ4n) is 3.75. The lowest BCUT2D eigenvalue weighted by molar-refractivity contribution is 1.16. The van der Waals surface area contributed by atoms with Crippen molar-refractivity contribution in [1.29, 1.82) is 0 Å². The Hall–Kier alpha value is -3.08. The van der Waals surface area contributed by atoms with Gasteiger partial charge in [0.25, 0.3) is 0 Å². The third-order valence-corrected chi connectivity index (χ3v) is 6.47. The SMILES string of the molecule is C#C.C/C=C(/c1ccccc1)c1sc2c(-c3ccc(C)cc3)cccc2c1CC.CC.CC.CC. The summed E-state index contributed by atoms with van der Waals surface area (Å²) in [5.41, 5.74) is 8.01. The summed E-state index contributed by atoms with van der Waals surface area (Å²) in [7, 11) is 0. The maximum Gasteiger partial charge on any atom is 0.0430 e. The highest BCUT2D eigenvalue weighted by atomic mass is 32.1. The molecule has 0 fully saturated rings. The predicted octanol–water partition coefficient (Wildman–Crippen LogP) is 11.2. The predicted molar refractivity (Wildman–Crippen MR) is 165 cm³/mol. The quantitative estimate of drug-likeness (QED) is 0.253. The molecule has 35 heavy (non-hydrogen) atoms. The minimum Gasteiger partial charge on any atom is -0.134 e. The van der Waals surface area contributed by atoms with Gasteiger partial charge in [0, 0.05) is 9.58 Å². The van der Waals surface area contributed by atoms with E-state index in [1.54, 1.807) is 0 Å². The number of thiophene rings is 1. The van der Waals surface area contributed by atoms with E-state index in [9.17, 15) is 0 Å². The first-order chi connectivity index (χ1) is 17.2. The molecule has 1 heterocycles. The van der Waals surface area contributed by atoms with Gasteiger partial charge in [0.15, 0.2) is 0 Å². The van der Waals surface area contributed by atoms with Gasteiger partial charge >= 0.3 is 0 Å². The summed E-state index contributed by atoms with van der Waals surface area (Å²) in [6.07, 6.45) is 11.3. The van der Waals surface area contributed by atoms with E-state index in [1.807, 2.05) is 52.9 Å². The van der Waals surface area contributed by atoms with Crippen molar-refractivity contribution >= 4 is 27.0 Å². The fourth-order valence-corrected chi connectivity index (χ4v) is 5.27. The van der Waals surface area contributed by atoms with Gasteiger partial charge < -0.3 is 0 Å². The van der Waals surface area contributed by atoms with Crippen LogP contribution in [0.15, 0.2) is 78.9 Å². The molecule has 4 aromatic rings. The van der Waals surface area contributed by atoms with E-state index in [0.717, 1.165) is 6.42 Å². The summed E-state index contributed by atoms with van der Waals surface area (Å²) in [5.74, 6) is 0. The summed E-state index contributed by atoms with van der Waals surface area (Å²) >= 11 is 1.93. The molecule has 0 N–H and O–H groups in total. The van der Waals surface area contributed by atoms with E-state index in [-0.39, 0.29) is 0 Å². The zero-order chi connectivity index (χ0) is 26.8.